The van der Waals surface area contributed by atoms with Crippen molar-refractivity contribution in [2.45, 2.75) is 34.0 Å². The van der Waals surface area contributed by atoms with Crippen LogP contribution in [0.25, 0.3) is 50.6 Å². The Morgan fingerprint density at radius 1 is 0.432 bits per heavy atom. The smallest absolute Gasteiger partial charge is 0.0727 e. The molecule has 6 aromatic carbocycles. The normalized spacial score (nSPS) is 11.0. The van der Waals surface area contributed by atoms with Crippen molar-refractivity contribution < 1.29 is 4.74 Å². The van der Waals surface area contributed by atoms with Gasteiger partial charge in [0.15, 0.2) is 0 Å². The van der Waals surface area contributed by atoms with Gasteiger partial charge in [0.25, 0.3) is 0 Å². The third-order valence-electron chi connectivity index (χ3n) is 8.32. The summed E-state index contributed by atoms with van der Waals surface area (Å²) in [4.78, 5) is 0. The molecule has 0 radical (unpaired) electrons. The minimum atomic E-state index is 0.504. The van der Waals surface area contributed by atoms with Gasteiger partial charge >= 0.3 is 0 Å². The first kappa shape index (κ1) is 29.1. The Labute approximate surface area is 262 Å². The highest BCUT2D eigenvalue weighted by molar-refractivity contribution is 5.75. The van der Waals surface area contributed by atoms with Gasteiger partial charge in [-0.1, -0.05) is 151 Å². The zero-order chi connectivity index (χ0) is 30.5. The van der Waals surface area contributed by atoms with E-state index in [9.17, 15) is 0 Å². The average Bonchev–Trinajstić information content (AvgIpc) is 3.06. The molecule has 1 heteroatoms. The van der Waals surface area contributed by atoms with E-state index in [4.69, 9.17) is 4.74 Å². The summed E-state index contributed by atoms with van der Waals surface area (Å²) >= 11 is 0. The molecule has 0 bridgehead atoms. The molecule has 0 heterocycles. The molecule has 0 aliphatic heterocycles. The first-order valence-corrected chi connectivity index (χ1v) is 15.2. The van der Waals surface area contributed by atoms with Crippen LogP contribution in [0, 0.1) is 20.8 Å². The van der Waals surface area contributed by atoms with Gasteiger partial charge in [-0.25, -0.2) is 0 Å². The molecular weight excluding hydrogens is 532 g/mol. The molecule has 1 nitrogen and oxygen atoms in total. The standard InChI is InChI=1S/C43H38O/c1-5-33-12-20-35(21-13-33)39-23-25-43(37-18-10-32(4)11-19-37)41(27-39)29-44-28-40-26-38(34-14-6-30(2)7-15-34)22-24-42(40)36-16-8-31(3)9-17-36/h5-27H,1,28-29H2,2-4H3. The molecule has 0 aliphatic carbocycles. The Kier molecular flexibility index (Phi) is 8.68. The Morgan fingerprint density at radius 2 is 0.773 bits per heavy atom. The molecule has 0 saturated carbocycles. The molecule has 0 N–H and O–H groups in total. The summed E-state index contributed by atoms with van der Waals surface area (Å²) in [5.74, 6) is 0. The molecule has 0 atom stereocenters. The molecule has 0 fully saturated rings. The van der Waals surface area contributed by atoms with Crippen LogP contribution in [0.15, 0.2) is 140 Å². The molecule has 44 heavy (non-hydrogen) atoms. The van der Waals surface area contributed by atoms with Gasteiger partial charge in [-0.05, 0) is 94.1 Å². The summed E-state index contributed by atoms with van der Waals surface area (Å²) in [6.07, 6.45) is 1.88. The fourth-order valence-corrected chi connectivity index (χ4v) is 5.64. The van der Waals surface area contributed by atoms with Gasteiger partial charge < -0.3 is 4.74 Å². The highest BCUT2D eigenvalue weighted by atomic mass is 16.5. The van der Waals surface area contributed by atoms with Crippen LogP contribution in [-0.2, 0) is 18.0 Å². The van der Waals surface area contributed by atoms with Crippen molar-refractivity contribution in [1.82, 2.24) is 0 Å². The van der Waals surface area contributed by atoms with Crippen LogP contribution < -0.4 is 0 Å². The quantitative estimate of drug-likeness (QED) is 0.168. The van der Waals surface area contributed by atoms with Crippen molar-refractivity contribution in [1.29, 1.82) is 0 Å². The molecule has 216 valence electrons. The third kappa shape index (κ3) is 6.64. The lowest BCUT2D eigenvalue weighted by atomic mass is 9.94. The minimum absolute atomic E-state index is 0.504. The largest absolute Gasteiger partial charge is 0.372 e. The van der Waals surface area contributed by atoms with Gasteiger partial charge in [0.05, 0.1) is 13.2 Å². The van der Waals surface area contributed by atoms with E-state index in [2.05, 4.69) is 161 Å². The molecule has 0 aromatic heterocycles. The van der Waals surface area contributed by atoms with Crippen LogP contribution in [0.5, 0.6) is 0 Å². The van der Waals surface area contributed by atoms with Gasteiger partial charge in [0.1, 0.15) is 0 Å². The summed E-state index contributed by atoms with van der Waals surface area (Å²) in [6.45, 7) is 11.3. The van der Waals surface area contributed by atoms with Crippen LogP contribution in [0.1, 0.15) is 33.4 Å². The van der Waals surface area contributed by atoms with Crippen LogP contribution in [0.3, 0.4) is 0 Å². The highest BCUT2D eigenvalue weighted by Crippen LogP contribution is 2.33. The SMILES string of the molecule is C=Cc1ccc(-c2ccc(-c3ccc(C)cc3)c(COCc3cc(-c4ccc(C)cc4)ccc3-c3ccc(C)cc3)c2)cc1. The van der Waals surface area contributed by atoms with Gasteiger partial charge in [-0.2, -0.15) is 0 Å². The number of benzene rings is 6. The number of hydrogen-bond donors (Lipinski definition) is 0. The van der Waals surface area contributed by atoms with E-state index in [0.29, 0.717) is 13.2 Å². The molecule has 0 aliphatic rings. The first-order chi connectivity index (χ1) is 21.5. The topological polar surface area (TPSA) is 9.23 Å². The Morgan fingerprint density at radius 3 is 1.16 bits per heavy atom. The Bertz CT molecular complexity index is 1870. The van der Waals surface area contributed by atoms with E-state index in [1.165, 1.54) is 72.3 Å². The van der Waals surface area contributed by atoms with Crippen LogP contribution in [0.2, 0.25) is 0 Å². The van der Waals surface area contributed by atoms with Crippen molar-refractivity contribution in [2.75, 3.05) is 0 Å². The summed E-state index contributed by atoms with van der Waals surface area (Å²) < 4.78 is 6.60. The maximum Gasteiger partial charge on any atom is 0.0727 e. The lowest BCUT2D eigenvalue weighted by Crippen LogP contribution is -2.00. The van der Waals surface area contributed by atoms with Gasteiger partial charge in [-0.15, -0.1) is 0 Å². The second-order valence-electron chi connectivity index (χ2n) is 11.7. The lowest BCUT2D eigenvalue weighted by molar-refractivity contribution is 0.108. The second kappa shape index (κ2) is 13.1. The zero-order valence-corrected chi connectivity index (χ0v) is 25.8. The van der Waals surface area contributed by atoms with E-state index in [0.717, 1.165) is 5.56 Å². The van der Waals surface area contributed by atoms with Crippen molar-refractivity contribution in [3.8, 4) is 44.5 Å². The summed E-state index contributed by atoms with van der Waals surface area (Å²) in [5, 5.41) is 0. The first-order valence-electron chi connectivity index (χ1n) is 15.2. The van der Waals surface area contributed by atoms with E-state index in [-0.39, 0.29) is 0 Å². The van der Waals surface area contributed by atoms with Crippen LogP contribution >= 0.6 is 0 Å². The number of ether oxygens (including phenoxy) is 1. The van der Waals surface area contributed by atoms with E-state index >= 15 is 0 Å². The van der Waals surface area contributed by atoms with Crippen molar-refractivity contribution >= 4 is 6.08 Å². The molecular formula is C43H38O. The number of rotatable bonds is 9. The monoisotopic (exact) mass is 570 g/mol. The van der Waals surface area contributed by atoms with Gasteiger partial charge in [0, 0.05) is 0 Å². The predicted octanol–water partition coefficient (Wildman–Crippen LogP) is 11.6. The fourth-order valence-electron chi connectivity index (χ4n) is 5.64. The summed E-state index contributed by atoms with van der Waals surface area (Å²) in [5.41, 5.74) is 16.8. The number of hydrogen-bond acceptors (Lipinski definition) is 1. The van der Waals surface area contributed by atoms with Crippen molar-refractivity contribution in [3.05, 3.63) is 173 Å². The van der Waals surface area contributed by atoms with E-state index in [1.807, 2.05) is 6.08 Å². The highest BCUT2D eigenvalue weighted by Gasteiger charge is 2.12. The lowest BCUT2D eigenvalue weighted by Gasteiger charge is -2.16. The Hall–Kier alpha value is -4.98. The maximum atomic E-state index is 6.60. The van der Waals surface area contributed by atoms with E-state index < -0.39 is 0 Å². The van der Waals surface area contributed by atoms with Crippen molar-refractivity contribution in [2.24, 2.45) is 0 Å². The summed E-state index contributed by atoms with van der Waals surface area (Å²) in [6, 6.07) is 48.3. The summed E-state index contributed by atoms with van der Waals surface area (Å²) in [7, 11) is 0. The zero-order valence-electron chi connectivity index (χ0n) is 25.8. The average molecular weight is 571 g/mol. The van der Waals surface area contributed by atoms with Gasteiger partial charge in [0.2, 0.25) is 0 Å². The van der Waals surface area contributed by atoms with Crippen LogP contribution in [-0.4, -0.2) is 0 Å². The molecule has 0 unspecified atom stereocenters. The fraction of sp³-hybridized carbons (Fsp3) is 0.116. The Balaban J connectivity index is 1.34. The maximum absolute atomic E-state index is 6.60. The minimum Gasteiger partial charge on any atom is -0.372 e. The van der Waals surface area contributed by atoms with E-state index in [1.54, 1.807) is 0 Å². The molecule has 6 rings (SSSR count). The molecule has 0 amide bonds. The van der Waals surface area contributed by atoms with Crippen molar-refractivity contribution in [3.63, 3.8) is 0 Å². The van der Waals surface area contributed by atoms with Crippen LogP contribution in [0.4, 0.5) is 0 Å². The second-order valence-corrected chi connectivity index (χ2v) is 11.7. The molecule has 0 saturated heterocycles. The number of aryl methyl sites for hydroxylation is 3. The predicted molar refractivity (Wildman–Crippen MR) is 187 cm³/mol. The molecule has 0 spiro atoms. The third-order valence-corrected chi connectivity index (χ3v) is 8.32. The van der Waals surface area contributed by atoms with Gasteiger partial charge in [-0.3, -0.25) is 0 Å². The molecule has 6 aromatic rings.